The van der Waals surface area contributed by atoms with E-state index < -0.39 is 0 Å². The van der Waals surface area contributed by atoms with Gasteiger partial charge in [0.05, 0.1) is 0 Å². The summed E-state index contributed by atoms with van der Waals surface area (Å²) in [6.07, 6.45) is 3.00. The van der Waals surface area contributed by atoms with Gasteiger partial charge in [0.25, 0.3) is 0 Å². The van der Waals surface area contributed by atoms with Crippen LogP contribution in [-0.2, 0) is 31.5 Å². The molecule has 0 amide bonds. The van der Waals surface area contributed by atoms with Gasteiger partial charge < -0.3 is 14.4 Å². The van der Waals surface area contributed by atoms with E-state index in [4.69, 9.17) is 9.59 Å². The third kappa shape index (κ3) is 2440. The van der Waals surface area contributed by atoms with Crippen LogP contribution in [0.1, 0.15) is 27.7 Å². The molecule has 0 N–H and O–H groups in total. The predicted molar refractivity (Wildman–Crippen MR) is 39.1 cm³/mol. The standard InChI is InChI=1S/C3H6O.2C2H3O.Cu/c1-3(2)4;2*1-2-3;/h1-2H3;2*1H3;/q;2*-1;+2. The molecule has 0 bridgehead atoms. The van der Waals surface area contributed by atoms with E-state index in [1.54, 1.807) is 0 Å². The van der Waals surface area contributed by atoms with Crippen LogP contribution in [0.4, 0.5) is 0 Å². The summed E-state index contributed by atoms with van der Waals surface area (Å²) in [6.45, 7) is 5.69. The fourth-order valence-corrected chi connectivity index (χ4v) is 0. The maximum absolute atomic E-state index is 9.44. The minimum absolute atomic E-state index is 0. The molecule has 0 aliphatic heterocycles. The number of rotatable bonds is 0. The molecule has 0 rings (SSSR count). The van der Waals surface area contributed by atoms with Gasteiger partial charge in [-0.25, -0.2) is 0 Å². The van der Waals surface area contributed by atoms with Gasteiger partial charge in [0.1, 0.15) is 5.78 Å². The molecule has 0 unspecified atom stereocenters. The molecule has 0 heterocycles. The van der Waals surface area contributed by atoms with Crippen molar-refractivity contribution in [2.24, 2.45) is 0 Å². The number of Topliss-reactive ketones (excluding diaryl/α,β-unsaturated/α-hetero) is 1. The molecule has 0 fully saturated rings. The van der Waals surface area contributed by atoms with Crippen molar-refractivity contribution < 1.29 is 31.5 Å². The van der Waals surface area contributed by atoms with Crippen LogP contribution in [-0.4, -0.2) is 18.4 Å². The van der Waals surface area contributed by atoms with Gasteiger partial charge >= 0.3 is 17.1 Å². The summed E-state index contributed by atoms with van der Waals surface area (Å²) in [6, 6.07) is 0. The molecule has 0 aromatic carbocycles. The molecule has 0 aromatic rings. The summed E-state index contributed by atoms with van der Waals surface area (Å²) in [5, 5.41) is 0. The summed E-state index contributed by atoms with van der Waals surface area (Å²) < 4.78 is 0. The van der Waals surface area contributed by atoms with E-state index in [9.17, 15) is 4.79 Å². The van der Waals surface area contributed by atoms with E-state index >= 15 is 0 Å². The molecule has 1 radical (unpaired) electrons. The van der Waals surface area contributed by atoms with Crippen LogP contribution >= 0.6 is 0 Å². The van der Waals surface area contributed by atoms with E-state index in [1.807, 2.05) is 0 Å². The topological polar surface area (TPSA) is 51.2 Å². The molecule has 0 saturated heterocycles. The average Bonchev–Trinajstić information content (AvgIpc) is 1.65. The third-order valence-corrected chi connectivity index (χ3v) is 0. The third-order valence-electron chi connectivity index (χ3n) is 0. The molecule has 3 nitrogen and oxygen atoms in total. The Morgan fingerprint density at radius 1 is 1.00 bits per heavy atom. The monoisotopic (exact) mass is 207 g/mol. The van der Waals surface area contributed by atoms with Gasteiger partial charge in [-0.05, 0) is 13.8 Å². The number of carbonyl (C=O) groups excluding carboxylic acids is 3. The Labute approximate surface area is 78.0 Å². The zero-order valence-electron chi connectivity index (χ0n) is 7.03. The summed E-state index contributed by atoms with van der Waals surface area (Å²) in [5.74, 6) is 0.167. The molecule has 0 spiro atoms. The van der Waals surface area contributed by atoms with E-state index in [-0.39, 0.29) is 22.9 Å². The first-order chi connectivity index (χ1) is 4.56. The Kier molecular flexibility index (Phi) is 68.9. The van der Waals surface area contributed by atoms with Crippen molar-refractivity contribution in [2.45, 2.75) is 27.7 Å². The molecule has 69 valence electrons. The minimum atomic E-state index is 0. The van der Waals surface area contributed by atoms with Gasteiger partial charge in [0.2, 0.25) is 0 Å². The SMILES string of the molecule is CC(C)=O.C[C-]=O.C[C-]=O.[Cu+2]. The van der Waals surface area contributed by atoms with Crippen molar-refractivity contribution in [3.63, 3.8) is 0 Å². The first kappa shape index (κ1) is 22.4. The van der Waals surface area contributed by atoms with Gasteiger partial charge in [0.15, 0.2) is 0 Å². The van der Waals surface area contributed by atoms with Crippen molar-refractivity contribution >= 4 is 18.4 Å². The van der Waals surface area contributed by atoms with Crippen LogP contribution in [0, 0.1) is 0 Å². The molecule has 4 heteroatoms. The number of hydrogen-bond acceptors (Lipinski definition) is 3. The van der Waals surface area contributed by atoms with E-state index in [0.717, 1.165) is 0 Å². The van der Waals surface area contributed by atoms with Crippen molar-refractivity contribution in [1.29, 1.82) is 0 Å². The van der Waals surface area contributed by atoms with Gasteiger partial charge in [-0.3, -0.25) is 12.6 Å². The first-order valence-electron chi connectivity index (χ1n) is 2.61. The molecular formula is C7H12CuO3. The second kappa shape index (κ2) is 33.8. The maximum atomic E-state index is 9.44. The van der Waals surface area contributed by atoms with E-state index in [1.165, 1.54) is 40.3 Å². The van der Waals surface area contributed by atoms with E-state index in [2.05, 4.69) is 0 Å². The molecule has 0 saturated carbocycles. The largest absolute Gasteiger partial charge is 2.00 e. The van der Waals surface area contributed by atoms with Crippen molar-refractivity contribution in [2.75, 3.05) is 0 Å². The Morgan fingerprint density at radius 2 is 1.00 bits per heavy atom. The summed E-state index contributed by atoms with van der Waals surface area (Å²) in [5.41, 5.74) is 0. The Morgan fingerprint density at radius 3 is 1.00 bits per heavy atom. The van der Waals surface area contributed by atoms with Crippen LogP contribution in [0.2, 0.25) is 0 Å². The summed E-state index contributed by atoms with van der Waals surface area (Å²) in [7, 11) is 0. The maximum Gasteiger partial charge on any atom is 2.00 e. The first-order valence-corrected chi connectivity index (χ1v) is 2.61. The smallest absolute Gasteiger partial charge is 0.542 e. The second-order valence-electron chi connectivity index (χ2n) is 1.32. The molecule has 0 aromatic heterocycles. The summed E-state index contributed by atoms with van der Waals surface area (Å²) in [4.78, 5) is 26.8. The number of carbonyl (C=O) groups is 1. The van der Waals surface area contributed by atoms with Crippen molar-refractivity contribution in [3.8, 4) is 0 Å². The molecular weight excluding hydrogens is 196 g/mol. The molecule has 0 aliphatic carbocycles. The Bertz CT molecular complexity index is 81.7. The number of ketones is 1. The van der Waals surface area contributed by atoms with Crippen LogP contribution < -0.4 is 0 Å². The molecule has 11 heavy (non-hydrogen) atoms. The Balaban J connectivity index is -0.0000000325. The van der Waals surface area contributed by atoms with Crippen LogP contribution in [0.25, 0.3) is 0 Å². The van der Waals surface area contributed by atoms with Gasteiger partial charge in [0, 0.05) is 0 Å². The van der Waals surface area contributed by atoms with Gasteiger partial charge in [-0.2, -0.15) is 13.8 Å². The van der Waals surface area contributed by atoms with Crippen molar-refractivity contribution in [1.82, 2.24) is 0 Å². The van der Waals surface area contributed by atoms with Gasteiger partial charge in [-0.15, -0.1) is 0 Å². The number of hydrogen-bond donors (Lipinski definition) is 0. The van der Waals surface area contributed by atoms with Crippen LogP contribution in [0.5, 0.6) is 0 Å². The zero-order chi connectivity index (χ0) is 8.99. The van der Waals surface area contributed by atoms with Crippen LogP contribution in [0.15, 0.2) is 0 Å². The second-order valence-corrected chi connectivity index (χ2v) is 1.32. The predicted octanol–water partition coefficient (Wildman–Crippen LogP) is 0.825. The fourth-order valence-electron chi connectivity index (χ4n) is 0. The van der Waals surface area contributed by atoms with Gasteiger partial charge in [-0.1, -0.05) is 0 Å². The normalized spacial score (nSPS) is 4.73. The van der Waals surface area contributed by atoms with Crippen LogP contribution in [0.3, 0.4) is 0 Å². The Hall–Kier alpha value is -0.471. The quantitative estimate of drug-likeness (QED) is 0.437. The summed E-state index contributed by atoms with van der Waals surface area (Å²) >= 11 is 0. The minimum Gasteiger partial charge on any atom is -0.542 e. The van der Waals surface area contributed by atoms with E-state index in [0.29, 0.717) is 0 Å². The molecule has 0 atom stereocenters. The molecule has 0 aliphatic rings. The average molecular weight is 208 g/mol. The van der Waals surface area contributed by atoms with Crippen molar-refractivity contribution in [3.05, 3.63) is 0 Å². The zero-order valence-corrected chi connectivity index (χ0v) is 7.97. The fraction of sp³-hybridized carbons (Fsp3) is 0.571.